The van der Waals surface area contributed by atoms with E-state index in [9.17, 15) is 0 Å². The molecule has 0 saturated heterocycles. The highest BCUT2D eigenvalue weighted by Gasteiger charge is 2.01. The van der Waals surface area contributed by atoms with Crippen molar-refractivity contribution in [2.24, 2.45) is 5.73 Å². The minimum Gasteiger partial charge on any atom is -0.328 e. The number of nitrogens with two attached hydrogens (primary N) is 1. The topological polar surface area (TPSA) is 38.0 Å². The molecule has 0 saturated carbocycles. The summed E-state index contributed by atoms with van der Waals surface area (Å²) >= 11 is 1.86. The second kappa shape index (κ2) is 7.82. The monoisotopic (exact) mass is 240 g/mol. The summed E-state index contributed by atoms with van der Waals surface area (Å²) in [6.07, 6.45) is 4.75. The first kappa shape index (κ1) is 13.7. The second-order valence-corrected chi connectivity index (χ2v) is 5.37. The Morgan fingerprint density at radius 2 is 2.25 bits per heavy atom. The van der Waals surface area contributed by atoms with Crippen molar-refractivity contribution in [3.8, 4) is 0 Å². The summed E-state index contributed by atoms with van der Waals surface area (Å²) in [5, 5.41) is 5.69. The number of aryl methyl sites for hydroxylation is 1. The fourth-order valence-corrected chi connectivity index (χ4v) is 2.70. The number of thiophene rings is 1. The van der Waals surface area contributed by atoms with E-state index in [4.69, 9.17) is 5.73 Å². The highest BCUT2D eigenvalue weighted by Crippen LogP contribution is 2.16. The Hall–Kier alpha value is -0.380. The van der Waals surface area contributed by atoms with E-state index in [0.29, 0.717) is 6.04 Å². The predicted molar refractivity (Wildman–Crippen MR) is 72.9 cm³/mol. The van der Waals surface area contributed by atoms with E-state index in [-0.39, 0.29) is 0 Å². The van der Waals surface area contributed by atoms with Gasteiger partial charge in [0.25, 0.3) is 0 Å². The van der Waals surface area contributed by atoms with Gasteiger partial charge in [-0.05, 0) is 49.7 Å². The van der Waals surface area contributed by atoms with Crippen molar-refractivity contribution < 1.29 is 0 Å². The summed E-state index contributed by atoms with van der Waals surface area (Å²) in [7, 11) is 0. The Morgan fingerprint density at radius 1 is 1.44 bits per heavy atom. The molecule has 0 amide bonds. The summed E-state index contributed by atoms with van der Waals surface area (Å²) < 4.78 is 0. The van der Waals surface area contributed by atoms with Crippen LogP contribution in [0.5, 0.6) is 0 Å². The van der Waals surface area contributed by atoms with Crippen LogP contribution in [0, 0.1) is 0 Å². The molecule has 0 aliphatic rings. The molecule has 0 aliphatic heterocycles. The van der Waals surface area contributed by atoms with Crippen molar-refractivity contribution in [3.63, 3.8) is 0 Å². The number of rotatable bonds is 8. The van der Waals surface area contributed by atoms with Gasteiger partial charge in [0, 0.05) is 17.5 Å². The van der Waals surface area contributed by atoms with Crippen LogP contribution in [0.2, 0.25) is 0 Å². The first-order valence-electron chi connectivity index (χ1n) is 6.25. The molecule has 3 heteroatoms. The van der Waals surface area contributed by atoms with E-state index in [1.54, 1.807) is 0 Å². The van der Waals surface area contributed by atoms with E-state index < -0.39 is 0 Å². The maximum atomic E-state index is 5.70. The van der Waals surface area contributed by atoms with Crippen LogP contribution in [0.4, 0.5) is 0 Å². The standard InChI is InChI=1S/C13H24N2S/c1-3-12-7-9-16-13(12)10-15-8-5-4-6-11(2)14/h7,9,11,15H,3-6,8,10,14H2,1-2H3. The summed E-state index contributed by atoms with van der Waals surface area (Å²) in [6, 6.07) is 2.58. The summed E-state index contributed by atoms with van der Waals surface area (Å²) in [5.74, 6) is 0. The van der Waals surface area contributed by atoms with Crippen molar-refractivity contribution >= 4 is 11.3 Å². The molecule has 0 fully saturated rings. The average Bonchev–Trinajstić information content (AvgIpc) is 2.70. The van der Waals surface area contributed by atoms with Crippen LogP contribution in [0.3, 0.4) is 0 Å². The Kier molecular flexibility index (Phi) is 6.69. The number of unbranched alkanes of at least 4 members (excludes halogenated alkanes) is 1. The molecule has 0 aliphatic carbocycles. The first-order valence-corrected chi connectivity index (χ1v) is 7.13. The summed E-state index contributed by atoms with van der Waals surface area (Å²) in [6.45, 7) is 6.42. The van der Waals surface area contributed by atoms with Crippen LogP contribution in [-0.2, 0) is 13.0 Å². The van der Waals surface area contributed by atoms with Gasteiger partial charge in [-0.1, -0.05) is 13.3 Å². The van der Waals surface area contributed by atoms with Crippen LogP contribution in [0.1, 0.15) is 43.6 Å². The highest BCUT2D eigenvalue weighted by atomic mass is 32.1. The summed E-state index contributed by atoms with van der Waals surface area (Å²) in [4.78, 5) is 1.50. The molecule has 0 radical (unpaired) electrons. The molecule has 1 rings (SSSR count). The molecule has 2 nitrogen and oxygen atoms in total. The van der Waals surface area contributed by atoms with Gasteiger partial charge in [0.15, 0.2) is 0 Å². The van der Waals surface area contributed by atoms with Gasteiger partial charge in [-0.3, -0.25) is 0 Å². The molecule has 0 spiro atoms. The van der Waals surface area contributed by atoms with Crippen molar-refractivity contribution in [1.82, 2.24) is 5.32 Å². The third-order valence-electron chi connectivity index (χ3n) is 2.77. The predicted octanol–water partition coefficient (Wildman–Crippen LogP) is 2.92. The maximum Gasteiger partial charge on any atom is 0.0302 e. The Balaban J connectivity index is 2.07. The zero-order chi connectivity index (χ0) is 11.8. The zero-order valence-corrected chi connectivity index (χ0v) is 11.3. The normalized spacial score (nSPS) is 12.9. The Bertz CT molecular complexity index is 281. The number of hydrogen-bond acceptors (Lipinski definition) is 3. The molecular formula is C13H24N2S. The third-order valence-corrected chi connectivity index (χ3v) is 3.73. The molecule has 3 N–H and O–H groups in total. The van der Waals surface area contributed by atoms with Crippen LogP contribution in [0.25, 0.3) is 0 Å². The lowest BCUT2D eigenvalue weighted by molar-refractivity contribution is 0.564. The Morgan fingerprint density at radius 3 is 2.94 bits per heavy atom. The van der Waals surface area contributed by atoms with E-state index in [0.717, 1.165) is 25.9 Å². The van der Waals surface area contributed by atoms with Gasteiger partial charge in [-0.15, -0.1) is 11.3 Å². The lowest BCUT2D eigenvalue weighted by Gasteiger charge is -2.06. The third kappa shape index (κ3) is 5.10. The molecule has 1 aromatic rings. The molecular weight excluding hydrogens is 216 g/mol. The fourth-order valence-electron chi connectivity index (χ4n) is 1.76. The molecule has 1 unspecified atom stereocenters. The number of hydrogen-bond donors (Lipinski definition) is 2. The van der Waals surface area contributed by atoms with Crippen molar-refractivity contribution in [1.29, 1.82) is 0 Å². The van der Waals surface area contributed by atoms with E-state index in [1.807, 2.05) is 11.3 Å². The van der Waals surface area contributed by atoms with Gasteiger partial charge in [-0.2, -0.15) is 0 Å². The SMILES string of the molecule is CCc1ccsc1CNCCCCC(C)N. The number of nitrogens with one attached hydrogen (secondary N) is 1. The smallest absolute Gasteiger partial charge is 0.0302 e. The lowest BCUT2D eigenvalue weighted by atomic mass is 10.1. The van der Waals surface area contributed by atoms with Gasteiger partial charge < -0.3 is 11.1 Å². The molecule has 1 aromatic heterocycles. The molecule has 1 atom stereocenters. The molecule has 92 valence electrons. The second-order valence-electron chi connectivity index (χ2n) is 4.37. The van der Waals surface area contributed by atoms with E-state index in [2.05, 4.69) is 30.6 Å². The largest absolute Gasteiger partial charge is 0.328 e. The highest BCUT2D eigenvalue weighted by molar-refractivity contribution is 7.10. The minimum atomic E-state index is 0.351. The van der Waals surface area contributed by atoms with Gasteiger partial charge in [0.2, 0.25) is 0 Å². The Labute approximate surface area is 103 Å². The first-order chi connectivity index (χ1) is 7.74. The van der Waals surface area contributed by atoms with Gasteiger partial charge in [0.1, 0.15) is 0 Å². The van der Waals surface area contributed by atoms with Crippen molar-refractivity contribution in [3.05, 3.63) is 21.9 Å². The quantitative estimate of drug-likeness (QED) is 0.686. The van der Waals surface area contributed by atoms with Gasteiger partial charge in [-0.25, -0.2) is 0 Å². The summed E-state index contributed by atoms with van der Waals surface area (Å²) in [5.41, 5.74) is 7.20. The zero-order valence-electron chi connectivity index (χ0n) is 10.5. The minimum absolute atomic E-state index is 0.351. The molecule has 0 aromatic carbocycles. The van der Waals surface area contributed by atoms with Crippen LogP contribution in [-0.4, -0.2) is 12.6 Å². The maximum absolute atomic E-state index is 5.70. The fraction of sp³-hybridized carbons (Fsp3) is 0.692. The van der Waals surface area contributed by atoms with Crippen LogP contribution in [0.15, 0.2) is 11.4 Å². The van der Waals surface area contributed by atoms with Crippen molar-refractivity contribution in [2.75, 3.05) is 6.54 Å². The average molecular weight is 240 g/mol. The van der Waals surface area contributed by atoms with E-state index >= 15 is 0 Å². The molecule has 0 bridgehead atoms. The van der Waals surface area contributed by atoms with E-state index in [1.165, 1.54) is 23.3 Å². The van der Waals surface area contributed by atoms with Gasteiger partial charge >= 0.3 is 0 Å². The van der Waals surface area contributed by atoms with Crippen molar-refractivity contribution in [2.45, 2.75) is 52.1 Å². The van der Waals surface area contributed by atoms with Crippen LogP contribution < -0.4 is 11.1 Å². The molecule has 16 heavy (non-hydrogen) atoms. The van der Waals surface area contributed by atoms with Crippen LogP contribution >= 0.6 is 11.3 Å². The van der Waals surface area contributed by atoms with Gasteiger partial charge in [0.05, 0.1) is 0 Å². The lowest BCUT2D eigenvalue weighted by Crippen LogP contribution is -2.17. The molecule has 1 heterocycles.